The van der Waals surface area contributed by atoms with Gasteiger partial charge in [0.2, 0.25) is 0 Å². The summed E-state index contributed by atoms with van der Waals surface area (Å²) in [5.74, 6) is 0.585. The molecular formula is C15H24O5. The maximum absolute atomic E-state index is 9.74. The van der Waals surface area contributed by atoms with Gasteiger partial charge in [-0.05, 0) is 26.0 Å². The predicted molar refractivity (Wildman–Crippen MR) is 76.0 cm³/mol. The van der Waals surface area contributed by atoms with Gasteiger partial charge in [-0.25, -0.2) is 0 Å². The van der Waals surface area contributed by atoms with E-state index in [0.29, 0.717) is 19.0 Å². The Balaban J connectivity index is 2.44. The van der Waals surface area contributed by atoms with E-state index < -0.39 is 12.2 Å². The van der Waals surface area contributed by atoms with E-state index in [1.165, 1.54) is 0 Å². The van der Waals surface area contributed by atoms with Crippen LogP contribution in [0.25, 0.3) is 0 Å². The normalized spacial score (nSPS) is 14.1. The second-order valence-electron chi connectivity index (χ2n) is 4.75. The number of aliphatic hydroxyl groups is 2. The van der Waals surface area contributed by atoms with Crippen LogP contribution in [0.5, 0.6) is 5.75 Å². The van der Waals surface area contributed by atoms with E-state index in [4.69, 9.17) is 14.2 Å². The summed E-state index contributed by atoms with van der Waals surface area (Å²) >= 11 is 0. The van der Waals surface area contributed by atoms with E-state index in [9.17, 15) is 10.2 Å². The lowest BCUT2D eigenvalue weighted by Crippen LogP contribution is -2.24. The molecule has 2 atom stereocenters. The second-order valence-corrected chi connectivity index (χ2v) is 4.75. The number of hydrogen-bond donors (Lipinski definition) is 2. The maximum atomic E-state index is 9.74. The largest absolute Gasteiger partial charge is 0.490 e. The number of rotatable bonds is 9. The number of methoxy groups -OCH3 is 1. The first-order chi connectivity index (χ1) is 9.54. The molecule has 5 heteroatoms. The minimum absolute atomic E-state index is 0.121. The van der Waals surface area contributed by atoms with Crippen LogP contribution in [-0.4, -0.2) is 49.9 Å². The van der Waals surface area contributed by atoms with Crippen molar-refractivity contribution in [3.05, 3.63) is 29.3 Å². The van der Waals surface area contributed by atoms with Crippen molar-refractivity contribution in [3.8, 4) is 5.75 Å². The topological polar surface area (TPSA) is 68.2 Å². The lowest BCUT2D eigenvalue weighted by Gasteiger charge is -2.17. The smallest absolute Gasteiger partial charge is 0.125 e. The van der Waals surface area contributed by atoms with Gasteiger partial charge >= 0.3 is 0 Å². The number of benzene rings is 1. The van der Waals surface area contributed by atoms with Gasteiger partial charge in [0.25, 0.3) is 0 Å². The monoisotopic (exact) mass is 284 g/mol. The van der Waals surface area contributed by atoms with Gasteiger partial charge in [0.1, 0.15) is 18.5 Å². The van der Waals surface area contributed by atoms with Crippen LogP contribution in [0.4, 0.5) is 0 Å². The van der Waals surface area contributed by atoms with Gasteiger partial charge in [0, 0.05) is 12.7 Å². The van der Waals surface area contributed by atoms with Crippen LogP contribution in [-0.2, 0) is 9.47 Å². The highest BCUT2D eigenvalue weighted by molar-refractivity contribution is 5.38. The van der Waals surface area contributed by atoms with Crippen LogP contribution in [0.15, 0.2) is 18.2 Å². The highest BCUT2D eigenvalue weighted by Gasteiger charge is 2.12. The summed E-state index contributed by atoms with van der Waals surface area (Å²) in [6.45, 7) is 4.89. The molecule has 1 aromatic carbocycles. The van der Waals surface area contributed by atoms with Crippen LogP contribution < -0.4 is 4.74 Å². The van der Waals surface area contributed by atoms with Crippen molar-refractivity contribution in [2.45, 2.75) is 26.1 Å². The molecule has 0 bridgehead atoms. The lowest BCUT2D eigenvalue weighted by atomic mass is 10.1. The molecule has 5 nitrogen and oxygen atoms in total. The fourth-order valence-corrected chi connectivity index (χ4v) is 1.72. The Morgan fingerprint density at radius 2 is 1.90 bits per heavy atom. The van der Waals surface area contributed by atoms with Crippen LogP contribution >= 0.6 is 0 Å². The fourth-order valence-electron chi connectivity index (χ4n) is 1.72. The van der Waals surface area contributed by atoms with Crippen LogP contribution in [0.2, 0.25) is 0 Å². The summed E-state index contributed by atoms with van der Waals surface area (Å²) in [6.07, 6.45) is -1.32. The summed E-state index contributed by atoms with van der Waals surface area (Å²) in [4.78, 5) is 0. The van der Waals surface area contributed by atoms with Crippen molar-refractivity contribution in [3.63, 3.8) is 0 Å². The van der Waals surface area contributed by atoms with Gasteiger partial charge in [-0.1, -0.05) is 11.6 Å². The van der Waals surface area contributed by atoms with Crippen molar-refractivity contribution >= 4 is 0 Å². The van der Waals surface area contributed by atoms with Crippen molar-refractivity contribution in [2.75, 3.05) is 33.5 Å². The molecule has 0 fully saturated rings. The zero-order valence-electron chi connectivity index (χ0n) is 12.3. The Morgan fingerprint density at radius 1 is 1.15 bits per heavy atom. The third-order valence-corrected chi connectivity index (χ3v) is 2.79. The zero-order valence-corrected chi connectivity index (χ0v) is 12.3. The van der Waals surface area contributed by atoms with E-state index in [-0.39, 0.29) is 13.2 Å². The minimum atomic E-state index is -0.713. The van der Waals surface area contributed by atoms with Crippen molar-refractivity contribution < 1.29 is 24.4 Å². The van der Waals surface area contributed by atoms with Gasteiger partial charge in [0.05, 0.1) is 25.9 Å². The quantitative estimate of drug-likeness (QED) is 0.672. The molecule has 0 aromatic heterocycles. The molecule has 1 aromatic rings. The SMILES string of the molecule is COCCOCC(O)COc1ccc(C)cc1[C@@H](C)O. The lowest BCUT2D eigenvalue weighted by molar-refractivity contribution is -0.00460. The number of ether oxygens (including phenoxy) is 3. The summed E-state index contributed by atoms with van der Waals surface area (Å²) < 4.78 is 15.6. The molecule has 0 aliphatic heterocycles. The Hall–Kier alpha value is -1.14. The zero-order chi connectivity index (χ0) is 15.0. The van der Waals surface area contributed by atoms with E-state index >= 15 is 0 Å². The summed E-state index contributed by atoms with van der Waals surface area (Å²) in [5.41, 5.74) is 1.77. The van der Waals surface area contributed by atoms with Crippen molar-refractivity contribution in [2.24, 2.45) is 0 Å². The molecule has 0 radical (unpaired) electrons. The summed E-state index contributed by atoms with van der Waals surface area (Å²) in [7, 11) is 1.60. The fraction of sp³-hybridized carbons (Fsp3) is 0.600. The molecule has 20 heavy (non-hydrogen) atoms. The van der Waals surface area contributed by atoms with Crippen molar-refractivity contribution in [1.29, 1.82) is 0 Å². The molecule has 0 aliphatic carbocycles. The first-order valence-electron chi connectivity index (χ1n) is 6.70. The average Bonchev–Trinajstić information content (AvgIpc) is 2.42. The van der Waals surface area contributed by atoms with E-state index in [1.807, 2.05) is 19.1 Å². The Labute approximate surface area is 120 Å². The first kappa shape index (κ1) is 16.9. The molecular weight excluding hydrogens is 260 g/mol. The Morgan fingerprint density at radius 3 is 2.55 bits per heavy atom. The molecule has 0 heterocycles. The van der Waals surface area contributed by atoms with E-state index in [2.05, 4.69) is 0 Å². The molecule has 0 saturated heterocycles. The third-order valence-electron chi connectivity index (χ3n) is 2.79. The molecule has 0 aliphatic rings. The van der Waals surface area contributed by atoms with Gasteiger partial charge < -0.3 is 24.4 Å². The minimum Gasteiger partial charge on any atom is -0.490 e. The van der Waals surface area contributed by atoms with E-state index in [0.717, 1.165) is 11.1 Å². The molecule has 0 spiro atoms. The molecule has 0 saturated carbocycles. The molecule has 1 rings (SSSR count). The maximum Gasteiger partial charge on any atom is 0.125 e. The highest BCUT2D eigenvalue weighted by Crippen LogP contribution is 2.26. The first-order valence-corrected chi connectivity index (χ1v) is 6.70. The van der Waals surface area contributed by atoms with E-state index in [1.54, 1.807) is 20.1 Å². The molecule has 1 unspecified atom stereocenters. The van der Waals surface area contributed by atoms with Crippen LogP contribution in [0.3, 0.4) is 0 Å². The molecule has 114 valence electrons. The third kappa shape index (κ3) is 5.88. The number of aryl methyl sites for hydroxylation is 1. The van der Waals surface area contributed by atoms with Gasteiger partial charge in [-0.2, -0.15) is 0 Å². The Bertz CT molecular complexity index is 392. The highest BCUT2D eigenvalue weighted by atomic mass is 16.5. The molecule has 2 N–H and O–H groups in total. The van der Waals surface area contributed by atoms with Gasteiger partial charge in [-0.3, -0.25) is 0 Å². The van der Waals surface area contributed by atoms with Crippen LogP contribution in [0.1, 0.15) is 24.2 Å². The number of aliphatic hydroxyl groups excluding tert-OH is 2. The van der Waals surface area contributed by atoms with Crippen LogP contribution in [0, 0.1) is 6.92 Å². The summed E-state index contributed by atoms with van der Waals surface area (Å²) in [6, 6.07) is 5.58. The Kier molecular flexibility index (Phi) is 7.54. The van der Waals surface area contributed by atoms with Gasteiger partial charge in [-0.15, -0.1) is 0 Å². The van der Waals surface area contributed by atoms with Gasteiger partial charge in [0.15, 0.2) is 0 Å². The predicted octanol–water partition coefficient (Wildman–Crippen LogP) is 1.45. The molecule has 0 amide bonds. The summed E-state index contributed by atoms with van der Waals surface area (Å²) in [5, 5.41) is 19.5. The average molecular weight is 284 g/mol. The number of hydrogen-bond acceptors (Lipinski definition) is 5. The second kappa shape index (κ2) is 8.92. The van der Waals surface area contributed by atoms with Crippen molar-refractivity contribution in [1.82, 2.24) is 0 Å². The standard InChI is InChI=1S/C15H24O5/c1-11-4-5-15(14(8-11)12(2)16)20-10-13(17)9-19-7-6-18-3/h4-5,8,12-13,16-17H,6-7,9-10H2,1-3H3/t12-,13?/m1/s1.